The van der Waals surface area contributed by atoms with Gasteiger partial charge in [0.2, 0.25) is 11.8 Å². The maximum Gasteiger partial charge on any atom is 0.252 e. The smallest absolute Gasteiger partial charge is 0.252 e. The standard InChI is InChI=1S/C13H21N3O3/c1-4-13(5-6-14-8-13)11(19)16-7-9(17)15-10(18)12(16,2)3/h14H,4-8H2,1-3H3,(H,15,17,18). The molecule has 6 nitrogen and oxygen atoms in total. The van der Waals surface area contributed by atoms with Gasteiger partial charge >= 0.3 is 0 Å². The highest BCUT2D eigenvalue weighted by atomic mass is 16.2. The van der Waals surface area contributed by atoms with E-state index in [2.05, 4.69) is 10.6 Å². The predicted octanol–water partition coefficient (Wildman–Crippen LogP) is -0.360. The van der Waals surface area contributed by atoms with Gasteiger partial charge in [0.15, 0.2) is 0 Å². The molecule has 0 spiro atoms. The second-order valence-electron chi connectivity index (χ2n) is 5.89. The first-order chi connectivity index (χ1) is 8.83. The molecule has 1 atom stereocenters. The van der Waals surface area contributed by atoms with Gasteiger partial charge in [0.05, 0.1) is 5.41 Å². The van der Waals surface area contributed by atoms with Crippen molar-refractivity contribution in [3.63, 3.8) is 0 Å². The molecule has 0 saturated carbocycles. The number of rotatable bonds is 2. The molecule has 1 unspecified atom stereocenters. The van der Waals surface area contributed by atoms with E-state index >= 15 is 0 Å². The minimum Gasteiger partial charge on any atom is -0.319 e. The Hall–Kier alpha value is -1.43. The number of nitrogens with zero attached hydrogens (tertiary/aromatic N) is 1. The molecule has 3 amide bonds. The van der Waals surface area contributed by atoms with Crippen LogP contribution in [0, 0.1) is 5.41 Å². The van der Waals surface area contributed by atoms with Crippen molar-refractivity contribution in [1.29, 1.82) is 0 Å². The maximum atomic E-state index is 12.8. The van der Waals surface area contributed by atoms with E-state index in [1.807, 2.05) is 6.92 Å². The zero-order valence-corrected chi connectivity index (χ0v) is 11.7. The molecule has 0 aliphatic carbocycles. The number of piperazine rings is 1. The summed E-state index contributed by atoms with van der Waals surface area (Å²) in [5.74, 6) is -0.905. The molecular weight excluding hydrogens is 246 g/mol. The molecule has 2 N–H and O–H groups in total. The minimum atomic E-state index is -0.976. The summed E-state index contributed by atoms with van der Waals surface area (Å²) in [5, 5.41) is 5.49. The Morgan fingerprint density at radius 1 is 1.37 bits per heavy atom. The van der Waals surface area contributed by atoms with Crippen molar-refractivity contribution in [2.24, 2.45) is 5.41 Å². The van der Waals surface area contributed by atoms with Crippen molar-refractivity contribution in [3.05, 3.63) is 0 Å². The molecule has 0 aromatic carbocycles. The SMILES string of the molecule is CCC1(C(=O)N2CC(=O)NC(=O)C2(C)C)CCNC1. The molecule has 2 aliphatic rings. The molecule has 0 radical (unpaired) electrons. The zero-order valence-electron chi connectivity index (χ0n) is 11.7. The van der Waals surface area contributed by atoms with E-state index in [1.165, 1.54) is 4.90 Å². The van der Waals surface area contributed by atoms with Crippen LogP contribution < -0.4 is 10.6 Å². The van der Waals surface area contributed by atoms with Gasteiger partial charge < -0.3 is 10.2 Å². The van der Waals surface area contributed by atoms with Crippen LogP contribution in [0.3, 0.4) is 0 Å². The lowest BCUT2D eigenvalue weighted by Gasteiger charge is -2.44. The van der Waals surface area contributed by atoms with Crippen LogP contribution in [0.4, 0.5) is 0 Å². The summed E-state index contributed by atoms with van der Waals surface area (Å²) in [6.45, 7) is 6.71. The zero-order chi connectivity index (χ0) is 14.3. The van der Waals surface area contributed by atoms with Gasteiger partial charge in [-0.25, -0.2) is 0 Å². The van der Waals surface area contributed by atoms with Crippen molar-refractivity contribution in [3.8, 4) is 0 Å². The van der Waals surface area contributed by atoms with Crippen LogP contribution in [-0.4, -0.2) is 47.8 Å². The van der Waals surface area contributed by atoms with Crippen molar-refractivity contribution >= 4 is 17.7 Å². The third kappa shape index (κ3) is 2.14. The molecule has 2 aliphatic heterocycles. The summed E-state index contributed by atoms with van der Waals surface area (Å²) in [6, 6.07) is 0. The second kappa shape index (κ2) is 4.59. The normalized spacial score (nSPS) is 30.4. The van der Waals surface area contributed by atoms with E-state index < -0.39 is 22.8 Å². The number of hydrogen-bond acceptors (Lipinski definition) is 4. The van der Waals surface area contributed by atoms with Crippen LogP contribution in [0.2, 0.25) is 0 Å². The quantitative estimate of drug-likeness (QED) is 0.670. The number of imide groups is 1. The summed E-state index contributed by atoms with van der Waals surface area (Å²) in [7, 11) is 0. The molecule has 106 valence electrons. The van der Waals surface area contributed by atoms with E-state index in [9.17, 15) is 14.4 Å². The molecule has 0 bridgehead atoms. The Balaban J connectivity index is 2.30. The highest BCUT2D eigenvalue weighted by Gasteiger charge is 2.50. The van der Waals surface area contributed by atoms with Crippen molar-refractivity contribution in [2.45, 2.75) is 39.2 Å². The van der Waals surface area contributed by atoms with E-state index in [0.717, 1.165) is 13.0 Å². The first-order valence-electron chi connectivity index (χ1n) is 6.70. The van der Waals surface area contributed by atoms with Gasteiger partial charge in [0.25, 0.3) is 5.91 Å². The highest BCUT2D eigenvalue weighted by molar-refractivity contribution is 6.06. The summed E-state index contributed by atoms with van der Waals surface area (Å²) < 4.78 is 0. The molecule has 19 heavy (non-hydrogen) atoms. The Morgan fingerprint density at radius 3 is 2.58 bits per heavy atom. The summed E-state index contributed by atoms with van der Waals surface area (Å²) in [5.41, 5.74) is -1.45. The van der Waals surface area contributed by atoms with E-state index in [-0.39, 0.29) is 12.5 Å². The fourth-order valence-corrected chi connectivity index (χ4v) is 2.77. The van der Waals surface area contributed by atoms with E-state index in [4.69, 9.17) is 0 Å². The van der Waals surface area contributed by atoms with Gasteiger partial charge in [-0.1, -0.05) is 6.92 Å². The highest BCUT2D eigenvalue weighted by Crippen LogP contribution is 2.34. The van der Waals surface area contributed by atoms with Crippen LogP contribution >= 0.6 is 0 Å². The van der Waals surface area contributed by atoms with Gasteiger partial charge in [-0.15, -0.1) is 0 Å². The van der Waals surface area contributed by atoms with Crippen LogP contribution in [-0.2, 0) is 14.4 Å². The van der Waals surface area contributed by atoms with Crippen molar-refractivity contribution in [1.82, 2.24) is 15.5 Å². The fourth-order valence-electron chi connectivity index (χ4n) is 2.77. The van der Waals surface area contributed by atoms with Gasteiger partial charge in [-0.3, -0.25) is 19.7 Å². The fraction of sp³-hybridized carbons (Fsp3) is 0.769. The monoisotopic (exact) mass is 267 g/mol. The van der Waals surface area contributed by atoms with Crippen molar-refractivity contribution in [2.75, 3.05) is 19.6 Å². The molecule has 6 heteroatoms. The van der Waals surface area contributed by atoms with Gasteiger partial charge in [0, 0.05) is 6.54 Å². The topological polar surface area (TPSA) is 78.5 Å². The lowest BCUT2D eigenvalue weighted by atomic mass is 9.81. The molecule has 0 aromatic rings. The first kappa shape index (κ1) is 14.0. The number of amides is 3. The lowest BCUT2D eigenvalue weighted by molar-refractivity contribution is -0.161. The number of nitrogens with one attached hydrogen (secondary N) is 2. The van der Waals surface area contributed by atoms with Gasteiger partial charge in [-0.05, 0) is 33.2 Å². The average molecular weight is 267 g/mol. The number of carbonyl (C=O) groups excluding carboxylic acids is 3. The number of carbonyl (C=O) groups is 3. The van der Waals surface area contributed by atoms with Crippen LogP contribution in [0.25, 0.3) is 0 Å². The molecule has 2 heterocycles. The summed E-state index contributed by atoms with van der Waals surface area (Å²) >= 11 is 0. The molecular formula is C13H21N3O3. The van der Waals surface area contributed by atoms with Crippen molar-refractivity contribution < 1.29 is 14.4 Å². The van der Waals surface area contributed by atoms with Gasteiger partial charge in [-0.2, -0.15) is 0 Å². The maximum absolute atomic E-state index is 12.8. The molecule has 2 saturated heterocycles. The number of hydrogen-bond donors (Lipinski definition) is 2. The molecule has 0 aromatic heterocycles. The van der Waals surface area contributed by atoms with Crippen LogP contribution in [0.15, 0.2) is 0 Å². The summed E-state index contributed by atoms with van der Waals surface area (Å²) in [6.07, 6.45) is 1.46. The summed E-state index contributed by atoms with van der Waals surface area (Å²) in [4.78, 5) is 37.7. The molecule has 2 fully saturated rings. The van der Waals surface area contributed by atoms with Crippen LogP contribution in [0.1, 0.15) is 33.6 Å². The van der Waals surface area contributed by atoms with Gasteiger partial charge in [0.1, 0.15) is 12.1 Å². The minimum absolute atomic E-state index is 0.0423. The second-order valence-corrected chi connectivity index (χ2v) is 5.89. The first-order valence-corrected chi connectivity index (χ1v) is 6.70. The van der Waals surface area contributed by atoms with E-state index in [1.54, 1.807) is 13.8 Å². The Bertz CT molecular complexity index is 425. The molecule has 2 rings (SSSR count). The van der Waals surface area contributed by atoms with E-state index in [0.29, 0.717) is 13.0 Å². The van der Waals surface area contributed by atoms with Crippen LogP contribution in [0.5, 0.6) is 0 Å². The third-order valence-electron chi connectivity index (χ3n) is 4.40. The lowest BCUT2D eigenvalue weighted by Crippen LogP contribution is -2.67. The largest absolute Gasteiger partial charge is 0.319 e. The average Bonchev–Trinajstić information content (AvgIpc) is 2.83. The third-order valence-corrected chi connectivity index (χ3v) is 4.40. The Labute approximate surface area is 112 Å². The Morgan fingerprint density at radius 2 is 2.05 bits per heavy atom. The predicted molar refractivity (Wildman–Crippen MR) is 69.2 cm³/mol. The Kier molecular flexibility index (Phi) is 3.38.